The predicted molar refractivity (Wildman–Crippen MR) is 107 cm³/mol. The molecule has 0 fully saturated rings. The molecule has 0 bridgehead atoms. The van der Waals surface area contributed by atoms with Crippen LogP contribution in [-0.4, -0.2) is 23.7 Å². The van der Waals surface area contributed by atoms with Crippen molar-refractivity contribution in [1.82, 2.24) is 0 Å². The molecule has 0 spiro atoms. The Morgan fingerprint density at radius 2 is 1.88 bits per heavy atom. The number of benzene rings is 1. The molecule has 26 heavy (non-hydrogen) atoms. The number of carbonyl (C=O) groups excluding carboxylic acids is 1. The summed E-state index contributed by atoms with van der Waals surface area (Å²) >= 11 is 0. The molecule has 0 aliphatic rings. The number of carboxylic acids is 1. The number of carbonyl (C=O) groups is 2. The molecule has 0 heterocycles. The van der Waals surface area contributed by atoms with E-state index in [1.54, 1.807) is 19.1 Å². The lowest BCUT2D eigenvalue weighted by Gasteiger charge is -1.98. The Morgan fingerprint density at radius 3 is 2.38 bits per heavy atom. The van der Waals surface area contributed by atoms with E-state index < -0.39 is 5.97 Å². The van der Waals surface area contributed by atoms with E-state index in [9.17, 15) is 9.59 Å². The molecular formula is C22H28O4. The highest BCUT2D eigenvalue weighted by Crippen LogP contribution is 2.09. The van der Waals surface area contributed by atoms with E-state index in [4.69, 9.17) is 5.11 Å². The molecule has 0 radical (unpaired) electrons. The second-order valence-electron chi connectivity index (χ2n) is 5.54. The van der Waals surface area contributed by atoms with Gasteiger partial charge in [0.2, 0.25) is 0 Å². The maximum atomic E-state index is 10.9. The summed E-state index contributed by atoms with van der Waals surface area (Å²) in [6.07, 6.45) is 9.46. The van der Waals surface area contributed by atoms with Crippen LogP contribution in [0.4, 0.5) is 0 Å². The third kappa shape index (κ3) is 11.6. The van der Waals surface area contributed by atoms with Crippen LogP contribution in [-0.2, 0) is 14.3 Å². The highest BCUT2D eigenvalue weighted by atomic mass is 16.5. The number of ether oxygens (including phenoxy) is 1. The molecule has 0 saturated heterocycles. The minimum absolute atomic E-state index is 0.256. The third-order valence-corrected chi connectivity index (χ3v) is 3.14. The smallest absolute Gasteiger partial charge is 0.333 e. The molecule has 0 aliphatic heterocycles. The molecule has 0 amide bonds. The molecule has 0 unspecified atom stereocenters. The predicted octanol–water partition coefficient (Wildman–Crippen LogP) is 5.19. The number of esters is 1. The molecular weight excluding hydrogens is 328 g/mol. The molecule has 1 rings (SSSR count). The quantitative estimate of drug-likeness (QED) is 0.286. The monoisotopic (exact) mass is 356 g/mol. The Labute approximate surface area is 156 Å². The molecule has 140 valence electrons. The molecule has 0 aromatic heterocycles. The van der Waals surface area contributed by atoms with Gasteiger partial charge in [0.15, 0.2) is 0 Å². The van der Waals surface area contributed by atoms with Gasteiger partial charge in [0.05, 0.1) is 0 Å². The van der Waals surface area contributed by atoms with Crippen LogP contribution in [0.25, 0.3) is 6.08 Å². The maximum Gasteiger partial charge on any atom is 0.333 e. The molecule has 1 N–H and O–H groups in total. The lowest BCUT2D eigenvalue weighted by atomic mass is 10.1. The Balaban J connectivity index is 0.000000590. The third-order valence-electron chi connectivity index (χ3n) is 3.14. The highest BCUT2D eigenvalue weighted by Gasteiger charge is 2.04. The van der Waals surface area contributed by atoms with Crippen LogP contribution in [0.15, 0.2) is 72.9 Å². The maximum absolute atomic E-state index is 10.9. The number of carboxylic acid groups (broad SMARTS) is 1. The number of hydrogen-bond donors (Lipinski definition) is 1. The molecule has 4 heteroatoms. The van der Waals surface area contributed by atoms with Crippen LogP contribution in [0, 0.1) is 0 Å². The highest BCUT2D eigenvalue weighted by molar-refractivity contribution is 5.87. The SMILES string of the molecule is C=CCOC(=O)C(=C)C.CCCCC(=CC=Cc1ccccc1)C(=O)O. The summed E-state index contributed by atoms with van der Waals surface area (Å²) in [7, 11) is 0. The fourth-order valence-corrected chi connectivity index (χ4v) is 1.73. The van der Waals surface area contributed by atoms with Gasteiger partial charge in [0.25, 0.3) is 0 Å². The largest absolute Gasteiger partial charge is 0.478 e. The van der Waals surface area contributed by atoms with Crippen LogP contribution >= 0.6 is 0 Å². The van der Waals surface area contributed by atoms with Gasteiger partial charge in [-0.15, -0.1) is 0 Å². The Kier molecular flexibility index (Phi) is 12.9. The summed E-state index contributed by atoms with van der Waals surface area (Å²) in [5, 5.41) is 8.99. The van der Waals surface area contributed by atoms with Gasteiger partial charge in [-0.25, -0.2) is 9.59 Å². The minimum Gasteiger partial charge on any atom is -0.478 e. The van der Waals surface area contributed by atoms with Crippen molar-refractivity contribution in [2.24, 2.45) is 0 Å². The van der Waals surface area contributed by atoms with Crippen molar-refractivity contribution in [2.45, 2.75) is 33.1 Å². The number of hydrogen-bond acceptors (Lipinski definition) is 3. The molecule has 0 atom stereocenters. The standard InChI is InChI=1S/C15H18O2.C7H10O2/c1-2-3-11-14(15(16)17)12-7-10-13-8-5-4-6-9-13;1-4-5-9-7(8)6(2)3/h4-10,12H,2-3,11H2,1H3,(H,16,17);4H,1-2,5H2,3H3. The van der Waals surface area contributed by atoms with Crippen molar-refractivity contribution in [3.63, 3.8) is 0 Å². The first kappa shape index (κ1) is 23.1. The number of allylic oxidation sites excluding steroid dienone is 2. The van der Waals surface area contributed by atoms with Gasteiger partial charge in [-0.2, -0.15) is 0 Å². The van der Waals surface area contributed by atoms with E-state index in [0.29, 0.717) is 17.6 Å². The lowest BCUT2D eigenvalue weighted by Crippen LogP contribution is -2.03. The molecule has 0 saturated carbocycles. The van der Waals surface area contributed by atoms with E-state index in [2.05, 4.69) is 24.8 Å². The van der Waals surface area contributed by atoms with Crippen LogP contribution in [0.5, 0.6) is 0 Å². The topological polar surface area (TPSA) is 63.6 Å². The van der Waals surface area contributed by atoms with Gasteiger partial charge in [0, 0.05) is 11.1 Å². The van der Waals surface area contributed by atoms with Crippen molar-refractivity contribution in [1.29, 1.82) is 0 Å². The van der Waals surface area contributed by atoms with Crippen LogP contribution in [0.2, 0.25) is 0 Å². The van der Waals surface area contributed by atoms with E-state index >= 15 is 0 Å². The zero-order chi connectivity index (χ0) is 19.8. The summed E-state index contributed by atoms with van der Waals surface area (Å²) in [6.45, 7) is 10.7. The molecule has 0 aliphatic carbocycles. The second-order valence-corrected chi connectivity index (χ2v) is 5.54. The van der Waals surface area contributed by atoms with Crippen molar-refractivity contribution in [3.05, 3.63) is 78.4 Å². The van der Waals surface area contributed by atoms with Gasteiger partial charge in [-0.1, -0.05) is 81.1 Å². The zero-order valence-electron chi connectivity index (χ0n) is 15.6. The molecule has 1 aromatic rings. The minimum atomic E-state index is -0.823. The van der Waals surface area contributed by atoms with Gasteiger partial charge in [-0.05, 0) is 25.3 Å². The summed E-state index contributed by atoms with van der Waals surface area (Å²) in [6, 6.07) is 9.84. The first-order valence-electron chi connectivity index (χ1n) is 8.51. The van der Waals surface area contributed by atoms with E-state index in [1.165, 1.54) is 6.08 Å². The summed E-state index contributed by atoms with van der Waals surface area (Å²) in [4.78, 5) is 21.5. The normalized spacial score (nSPS) is 10.6. The Morgan fingerprint density at radius 1 is 1.23 bits per heavy atom. The Bertz CT molecular complexity index is 639. The fourth-order valence-electron chi connectivity index (χ4n) is 1.73. The van der Waals surface area contributed by atoms with Crippen LogP contribution in [0.3, 0.4) is 0 Å². The summed E-state index contributed by atoms with van der Waals surface area (Å²) < 4.78 is 4.60. The van der Waals surface area contributed by atoms with E-state index in [-0.39, 0.29) is 12.6 Å². The van der Waals surface area contributed by atoms with Gasteiger partial charge in [0.1, 0.15) is 6.61 Å². The first-order chi connectivity index (χ1) is 12.4. The van der Waals surface area contributed by atoms with Gasteiger partial charge >= 0.3 is 11.9 Å². The molecule has 4 nitrogen and oxygen atoms in total. The number of aliphatic carboxylic acids is 1. The second kappa shape index (κ2) is 14.5. The fraction of sp³-hybridized carbons (Fsp3) is 0.273. The average molecular weight is 356 g/mol. The first-order valence-corrected chi connectivity index (χ1v) is 8.51. The molecule has 1 aromatic carbocycles. The van der Waals surface area contributed by atoms with Gasteiger partial charge in [-0.3, -0.25) is 0 Å². The Hall–Kier alpha value is -2.88. The van der Waals surface area contributed by atoms with Crippen molar-refractivity contribution < 1.29 is 19.4 Å². The van der Waals surface area contributed by atoms with Crippen LogP contribution < -0.4 is 0 Å². The van der Waals surface area contributed by atoms with Crippen molar-refractivity contribution in [2.75, 3.05) is 6.61 Å². The van der Waals surface area contributed by atoms with E-state index in [0.717, 1.165) is 18.4 Å². The number of unbranched alkanes of at least 4 members (excludes halogenated alkanes) is 1. The average Bonchev–Trinajstić information content (AvgIpc) is 2.63. The summed E-state index contributed by atoms with van der Waals surface area (Å²) in [5.41, 5.74) is 1.96. The van der Waals surface area contributed by atoms with Crippen LogP contribution in [0.1, 0.15) is 38.7 Å². The van der Waals surface area contributed by atoms with E-state index in [1.807, 2.05) is 36.4 Å². The zero-order valence-corrected chi connectivity index (χ0v) is 15.6. The summed E-state index contributed by atoms with van der Waals surface area (Å²) in [5.74, 6) is -1.19. The van der Waals surface area contributed by atoms with Crippen molar-refractivity contribution >= 4 is 18.0 Å². The lowest BCUT2D eigenvalue weighted by molar-refractivity contribution is -0.137. The number of rotatable bonds is 9. The van der Waals surface area contributed by atoms with Crippen molar-refractivity contribution in [3.8, 4) is 0 Å². The van der Waals surface area contributed by atoms with Gasteiger partial charge < -0.3 is 9.84 Å².